The molecule has 3 heteroatoms. The first-order valence-electron chi connectivity index (χ1n) is 4.71. The first-order chi connectivity index (χ1) is 5.71. The minimum Gasteiger partial charge on any atom is -0.369 e. The van der Waals surface area contributed by atoms with Gasteiger partial charge >= 0.3 is 0 Å². The third-order valence-electron chi connectivity index (χ3n) is 2.94. The second kappa shape index (κ2) is 3.90. The van der Waals surface area contributed by atoms with Gasteiger partial charge in [-0.05, 0) is 32.2 Å². The van der Waals surface area contributed by atoms with Gasteiger partial charge in [0.05, 0.1) is 0 Å². The molecule has 3 nitrogen and oxygen atoms in total. The second-order valence-corrected chi connectivity index (χ2v) is 3.74. The third-order valence-corrected chi connectivity index (χ3v) is 2.94. The minimum absolute atomic E-state index is 0.117. The summed E-state index contributed by atoms with van der Waals surface area (Å²) < 4.78 is 0. The molecule has 4 N–H and O–H groups in total. The van der Waals surface area contributed by atoms with Crippen molar-refractivity contribution in [2.24, 2.45) is 16.9 Å². The molecule has 1 aliphatic rings. The predicted octanol–water partition coefficient (Wildman–Crippen LogP) is 0.771. The van der Waals surface area contributed by atoms with Gasteiger partial charge in [0.2, 0.25) is 5.91 Å². The first-order valence-corrected chi connectivity index (χ1v) is 4.71. The van der Waals surface area contributed by atoms with E-state index in [4.69, 9.17) is 11.5 Å². The Morgan fingerprint density at radius 1 is 1.33 bits per heavy atom. The van der Waals surface area contributed by atoms with E-state index in [-0.39, 0.29) is 11.3 Å². The Hall–Kier alpha value is -0.570. The van der Waals surface area contributed by atoms with Gasteiger partial charge in [-0.25, -0.2) is 0 Å². The van der Waals surface area contributed by atoms with E-state index < -0.39 is 0 Å². The van der Waals surface area contributed by atoms with E-state index >= 15 is 0 Å². The Labute approximate surface area is 73.5 Å². The van der Waals surface area contributed by atoms with E-state index in [2.05, 4.69) is 0 Å². The Balaban J connectivity index is 2.53. The fraction of sp³-hybridized carbons (Fsp3) is 0.889. The van der Waals surface area contributed by atoms with Crippen LogP contribution in [0.25, 0.3) is 0 Å². The maximum atomic E-state index is 11.2. The summed E-state index contributed by atoms with van der Waals surface area (Å²) >= 11 is 0. The van der Waals surface area contributed by atoms with Crippen LogP contribution >= 0.6 is 0 Å². The van der Waals surface area contributed by atoms with Gasteiger partial charge in [0.1, 0.15) is 0 Å². The highest BCUT2D eigenvalue weighted by Gasteiger charge is 2.38. The van der Waals surface area contributed by atoms with Crippen LogP contribution in [0.3, 0.4) is 0 Å². The number of nitrogens with two attached hydrogens (primary N) is 2. The highest BCUT2D eigenvalue weighted by Crippen LogP contribution is 2.41. The fourth-order valence-electron chi connectivity index (χ4n) is 2.11. The van der Waals surface area contributed by atoms with E-state index in [1.165, 1.54) is 0 Å². The van der Waals surface area contributed by atoms with Crippen molar-refractivity contribution < 1.29 is 4.79 Å². The molecular formula is C9H18N2O. The van der Waals surface area contributed by atoms with Crippen LogP contribution in [0.1, 0.15) is 38.5 Å². The van der Waals surface area contributed by atoms with Gasteiger partial charge in [0.25, 0.3) is 0 Å². The minimum atomic E-state index is -0.195. The molecule has 0 aliphatic heterocycles. The summed E-state index contributed by atoms with van der Waals surface area (Å²) in [5.74, 6) is -0.117. The van der Waals surface area contributed by atoms with Crippen LogP contribution in [0.2, 0.25) is 0 Å². The molecule has 1 saturated carbocycles. The molecule has 1 rings (SSSR count). The monoisotopic (exact) mass is 170 g/mol. The van der Waals surface area contributed by atoms with E-state index in [1.807, 2.05) is 0 Å². The quantitative estimate of drug-likeness (QED) is 0.654. The molecule has 0 bridgehead atoms. The highest BCUT2D eigenvalue weighted by molar-refractivity contribution is 5.81. The van der Waals surface area contributed by atoms with Gasteiger partial charge in [-0.1, -0.05) is 12.8 Å². The average molecular weight is 170 g/mol. The predicted molar refractivity (Wildman–Crippen MR) is 48.4 cm³/mol. The summed E-state index contributed by atoms with van der Waals surface area (Å²) in [7, 11) is 0. The second-order valence-electron chi connectivity index (χ2n) is 3.74. The van der Waals surface area contributed by atoms with Crippen molar-refractivity contribution in [3.05, 3.63) is 0 Å². The summed E-state index contributed by atoms with van der Waals surface area (Å²) in [5, 5.41) is 0. The Morgan fingerprint density at radius 2 is 1.92 bits per heavy atom. The number of amides is 1. The van der Waals surface area contributed by atoms with Crippen LogP contribution in [-0.4, -0.2) is 12.5 Å². The molecule has 1 amide bonds. The maximum absolute atomic E-state index is 11.2. The number of primary amides is 1. The van der Waals surface area contributed by atoms with Crippen molar-refractivity contribution in [1.82, 2.24) is 0 Å². The number of carbonyl (C=O) groups excluding carboxylic acids is 1. The lowest BCUT2D eigenvalue weighted by Crippen LogP contribution is -2.35. The number of rotatable bonds is 4. The first kappa shape index (κ1) is 9.52. The summed E-state index contributed by atoms with van der Waals surface area (Å²) in [6.45, 7) is 0.662. The SMILES string of the molecule is NCCCC1(C(N)=O)CCCC1. The lowest BCUT2D eigenvalue weighted by atomic mass is 9.81. The fourth-order valence-corrected chi connectivity index (χ4v) is 2.11. The molecule has 0 aromatic rings. The van der Waals surface area contributed by atoms with E-state index in [0.717, 1.165) is 38.5 Å². The van der Waals surface area contributed by atoms with Crippen LogP contribution in [-0.2, 0) is 4.79 Å². The van der Waals surface area contributed by atoms with E-state index in [0.29, 0.717) is 6.54 Å². The zero-order valence-electron chi connectivity index (χ0n) is 7.51. The molecular weight excluding hydrogens is 152 g/mol. The smallest absolute Gasteiger partial charge is 0.223 e. The largest absolute Gasteiger partial charge is 0.369 e. The maximum Gasteiger partial charge on any atom is 0.223 e. The standard InChI is InChI=1S/C9H18N2O/c10-7-3-6-9(8(11)12)4-1-2-5-9/h1-7,10H2,(H2,11,12). The van der Waals surface area contributed by atoms with Crippen molar-refractivity contribution in [3.8, 4) is 0 Å². The molecule has 12 heavy (non-hydrogen) atoms. The number of hydrogen-bond acceptors (Lipinski definition) is 2. The Kier molecular flexibility index (Phi) is 3.09. The number of carbonyl (C=O) groups is 1. The highest BCUT2D eigenvalue weighted by atomic mass is 16.1. The van der Waals surface area contributed by atoms with E-state index in [1.54, 1.807) is 0 Å². The van der Waals surface area contributed by atoms with Gasteiger partial charge in [-0.2, -0.15) is 0 Å². The molecule has 0 atom stereocenters. The van der Waals surface area contributed by atoms with Crippen molar-refractivity contribution in [1.29, 1.82) is 0 Å². The van der Waals surface area contributed by atoms with Crippen LogP contribution in [0.4, 0.5) is 0 Å². The van der Waals surface area contributed by atoms with Gasteiger partial charge in [-0.15, -0.1) is 0 Å². The zero-order valence-corrected chi connectivity index (χ0v) is 7.51. The molecule has 0 aromatic carbocycles. The molecule has 0 aromatic heterocycles. The summed E-state index contributed by atoms with van der Waals surface area (Å²) in [5.41, 5.74) is 10.6. The molecule has 0 spiro atoms. The zero-order chi connectivity index (χ0) is 9.03. The molecule has 70 valence electrons. The van der Waals surface area contributed by atoms with Crippen molar-refractivity contribution in [3.63, 3.8) is 0 Å². The topological polar surface area (TPSA) is 69.1 Å². The Bertz CT molecular complexity index is 162. The van der Waals surface area contributed by atoms with Gasteiger partial charge in [0, 0.05) is 5.41 Å². The molecule has 0 radical (unpaired) electrons. The number of hydrogen-bond donors (Lipinski definition) is 2. The molecule has 0 heterocycles. The lowest BCUT2D eigenvalue weighted by Gasteiger charge is -2.24. The van der Waals surface area contributed by atoms with Crippen molar-refractivity contribution in [2.75, 3.05) is 6.54 Å². The summed E-state index contributed by atoms with van der Waals surface area (Å²) in [6, 6.07) is 0. The normalized spacial score (nSPS) is 21.1. The van der Waals surface area contributed by atoms with Gasteiger partial charge in [-0.3, -0.25) is 4.79 Å². The molecule has 0 saturated heterocycles. The van der Waals surface area contributed by atoms with Crippen LogP contribution in [0.15, 0.2) is 0 Å². The van der Waals surface area contributed by atoms with Crippen LogP contribution in [0, 0.1) is 5.41 Å². The molecule has 1 fully saturated rings. The average Bonchev–Trinajstić information content (AvgIpc) is 2.50. The Morgan fingerprint density at radius 3 is 2.33 bits per heavy atom. The van der Waals surface area contributed by atoms with Gasteiger partial charge in [0.15, 0.2) is 0 Å². The van der Waals surface area contributed by atoms with Gasteiger partial charge < -0.3 is 11.5 Å². The lowest BCUT2D eigenvalue weighted by molar-refractivity contribution is -0.127. The molecule has 1 aliphatic carbocycles. The molecule has 0 unspecified atom stereocenters. The van der Waals surface area contributed by atoms with Crippen molar-refractivity contribution >= 4 is 5.91 Å². The summed E-state index contributed by atoms with van der Waals surface area (Å²) in [4.78, 5) is 11.2. The van der Waals surface area contributed by atoms with E-state index in [9.17, 15) is 4.79 Å². The summed E-state index contributed by atoms with van der Waals surface area (Å²) in [6.07, 6.45) is 6.05. The van der Waals surface area contributed by atoms with Crippen molar-refractivity contribution in [2.45, 2.75) is 38.5 Å². The van der Waals surface area contributed by atoms with Crippen LogP contribution in [0.5, 0.6) is 0 Å². The van der Waals surface area contributed by atoms with Crippen LogP contribution < -0.4 is 11.5 Å². The third kappa shape index (κ3) is 1.78.